The van der Waals surface area contributed by atoms with Crippen molar-refractivity contribution in [1.82, 2.24) is 19.8 Å². The van der Waals surface area contributed by atoms with Crippen LogP contribution in [0.2, 0.25) is 5.02 Å². The van der Waals surface area contributed by atoms with E-state index in [2.05, 4.69) is 15.3 Å². The molecule has 1 aromatic carbocycles. The molecule has 156 valence electrons. The van der Waals surface area contributed by atoms with Crippen molar-refractivity contribution in [2.75, 3.05) is 5.75 Å². The van der Waals surface area contributed by atoms with E-state index in [0.717, 1.165) is 17.7 Å². The van der Waals surface area contributed by atoms with Crippen molar-refractivity contribution in [2.24, 2.45) is 5.10 Å². The molecule has 0 saturated heterocycles. The van der Waals surface area contributed by atoms with Gasteiger partial charge in [0.15, 0.2) is 5.16 Å². The summed E-state index contributed by atoms with van der Waals surface area (Å²) in [5, 5.41) is 13.6. The normalized spacial score (nSPS) is 16.1. The van der Waals surface area contributed by atoms with E-state index in [-0.39, 0.29) is 23.4 Å². The van der Waals surface area contributed by atoms with Crippen molar-refractivity contribution in [2.45, 2.75) is 37.5 Å². The maximum absolute atomic E-state index is 13.0. The number of H-pyrrole nitrogens is 1. The van der Waals surface area contributed by atoms with Crippen molar-refractivity contribution in [3.8, 4) is 0 Å². The van der Waals surface area contributed by atoms with Crippen molar-refractivity contribution in [3.63, 3.8) is 0 Å². The number of halogens is 1. The van der Waals surface area contributed by atoms with E-state index in [1.54, 1.807) is 24.5 Å². The van der Waals surface area contributed by atoms with Crippen LogP contribution in [0.1, 0.15) is 37.1 Å². The molecule has 1 N–H and O–H groups in total. The summed E-state index contributed by atoms with van der Waals surface area (Å²) in [6.07, 6.45) is 2.91. The van der Waals surface area contributed by atoms with Crippen LogP contribution in [-0.4, -0.2) is 37.1 Å². The van der Waals surface area contributed by atoms with Crippen molar-refractivity contribution < 1.29 is 9.21 Å². The zero-order valence-electron chi connectivity index (χ0n) is 16.2. The maximum atomic E-state index is 13.0. The van der Waals surface area contributed by atoms with E-state index in [1.807, 2.05) is 25.1 Å². The van der Waals surface area contributed by atoms with Gasteiger partial charge in [-0.25, -0.2) is 14.9 Å². The number of hydrogen-bond donors (Lipinski definition) is 1. The van der Waals surface area contributed by atoms with E-state index in [4.69, 9.17) is 16.0 Å². The molecule has 0 bridgehead atoms. The van der Waals surface area contributed by atoms with Gasteiger partial charge in [0.2, 0.25) is 0 Å². The Morgan fingerprint density at radius 3 is 2.83 bits per heavy atom. The number of benzene rings is 1. The van der Waals surface area contributed by atoms with Gasteiger partial charge in [-0.05, 0) is 36.2 Å². The van der Waals surface area contributed by atoms with Crippen LogP contribution in [0.4, 0.5) is 0 Å². The van der Waals surface area contributed by atoms with Crippen LogP contribution in [0.15, 0.2) is 62.1 Å². The molecular weight excluding hydrogens is 426 g/mol. The molecule has 1 aliphatic heterocycles. The van der Waals surface area contributed by atoms with Crippen LogP contribution in [-0.2, 0) is 11.3 Å². The highest BCUT2D eigenvalue weighted by atomic mass is 35.5. The third-order valence-corrected chi connectivity index (χ3v) is 5.92. The highest BCUT2D eigenvalue weighted by molar-refractivity contribution is 7.99. The molecule has 1 aliphatic rings. The lowest BCUT2D eigenvalue weighted by Gasteiger charge is -2.19. The van der Waals surface area contributed by atoms with Crippen molar-refractivity contribution >= 4 is 35.0 Å². The average Bonchev–Trinajstić information content (AvgIpc) is 3.48. The summed E-state index contributed by atoms with van der Waals surface area (Å²) >= 11 is 7.20. The van der Waals surface area contributed by atoms with E-state index in [9.17, 15) is 9.59 Å². The molecule has 0 radical (unpaired) electrons. The Morgan fingerprint density at radius 2 is 2.13 bits per heavy atom. The molecule has 10 heteroatoms. The first-order chi connectivity index (χ1) is 14.6. The van der Waals surface area contributed by atoms with Gasteiger partial charge < -0.3 is 4.42 Å². The Bertz CT molecular complexity index is 1100. The molecule has 8 nitrogen and oxygen atoms in total. The molecule has 2 aromatic heterocycles. The topological polar surface area (TPSA) is 96.5 Å². The second-order valence-corrected chi connectivity index (χ2v) is 8.16. The third kappa shape index (κ3) is 4.22. The average molecular weight is 446 g/mol. The Labute approximate surface area is 181 Å². The first kappa shape index (κ1) is 20.5. The second kappa shape index (κ2) is 8.93. The molecule has 0 saturated carbocycles. The molecule has 0 aliphatic carbocycles. The fourth-order valence-corrected chi connectivity index (χ4v) is 4.24. The highest BCUT2D eigenvalue weighted by Crippen LogP contribution is 2.34. The monoisotopic (exact) mass is 445 g/mol. The molecule has 3 heterocycles. The Morgan fingerprint density at radius 1 is 1.33 bits per heavy atom. The summed E-state index contributed by atoms with van der Waals surface area (Å²) < 4.78 is 7.10. The summed E-state index contributed by atoms with van der Waals surface area (Å²) in [5.74, 6) is 0.579. The first-order valence-electron chi connectivity index (χ1n) is 9.53. The van der Waals surface area contributed by atoms with Crippen LogP contribution in [0.25, 0.3) is 0 Å². The molecule has 30 heavy (non-hydrogen) atoms. The number of hydrogen-bond acceptors (Lipinski definition) is 6. The third-order valence-electron chi connectivity index (χ3n) is 4.71. The van der Waals surface area contributed by atoms with E-state index in [1.165, 1.54) is 21.3 Å². The summed E-state index contributed by atoms with van der Waals surface area (Å²) in [6, 6.07) is 10.7. The van der Waals surface area contributed by atoms with Gasteiger partial charge in [0.25, 0.3) is 5.91 Å². The van der Waals surface area contributed by atoms with Gasteiger partial charge in [-0.15, -0.1) is 5.10 Å². The van der Waals surface area contributed by atoms with E-state index in [0.29, 0.717) is 28.9 Å². The first-order valence-corrected chi connectivity index (χ1v) is 10.9. The van der Waals surface area contributed by atoms with Gasteiger partial charge in [0.1, 0.15) is 11.8 Å². The number of aromatic nitrogens is 3. The summed E-state index contributed by atoms with van der Waals surface area (Å²) in [5.41, 5.74) is 1.42. The Hall–Kier alpha value is -2.78. The summed E-state index contributed by atoms with van der Waals surface area (Å²) in [6.45, 7) is 2.52. The zero-order valence-corrected chi connectivity index (χ0v) is 17.8. The minimum atomic E-state index is -0.323. The fraction of sp³-hybridized carbons (Fsp3) is 0.300. The van der Waals surface area contributed by atoms with Gasteiger partial charge >= 0.3 is 5.69 Å². The Kier molecular flexibility index (Phi) is 6.10. The van der Waals surface area contributed by atoms with Gasteiger partial charge in [-0.3, -0.25) is 9.36 Å². The number of aromatic amines is 1. The summed E-state index contributed by atoms with van der Waals surface area (Å²) in [4.78, 5) is 24.9. The largest absolute Gasteiger partial charge is 0.467 e. The number of hydrazone groups is 1. The van der Waals surface area contributed by atoms with E-state index >= 15 is 0 Å². The highest BCUT2D eigenvalue weighted by Gasteiger charge is 2.35. The van der Waals surface area contributed by atoms with Crippen molar-refractivity contribution in [1.29, 1.82) is 0 Å². The molecule has 0 spiro atoms. The predicted octanol–water partition coefficient (Wildman–Crippen LogP) is 3.70. The molecule has 3 aromatic rings. The quantitative estimate of drug-likeness (QED) is 0.559. The summed E-state index contributed by atoms with van der Waals surface area (Å²) in [7, 11) is 0. The van der Waals surface area contributed by atoms with Crippen LogP contribution in [0.3, 0.4) is 0 Å². The van der Waals surface area contributed by atoms with Crippen LogP contribution in [0.5, 0.6) is 0 Å². The van der Waals surface area contributed by atoms with Crippen molar-refractivity contribution in [3.05, 3.63) is 69.5 Å². The fourth-order valence-electron chi connectivity index (χ4n) is 3.29. The molecular formula is C20H20ClN5O3S. The molecule has 0 unspecified atom stereocenters. The van der Waals surface area contributed by atoms with Crippen LogP contribution >= 0.6 is 23.4 Å². The van der Waals surface area contributed by atoms with Crippen LogP contribution in [0, 0.1) is 0 Å². The number of rotatable bonds is 7. The lowest BCUT2D eigenvalue weighted by atomic mass is 10.0. The SMILES string of the molecule is CCCn1c(SCC(=O)N2N=C(c3ccc(Cl)cc3)C[C@@H]2c2ccco2)n[nH]c1=O. The number of carbonyl (C=O) groups is 1. The lowest BCUT2D eigenvalue weighted by molar-refractivity contribution is -0.130. The smallest absolute Gasteiger partial charge is 0.343 e. The molecule has 1 atom stereocenters. The Balaban J connectivity index is 1.55. The van der Waals surface area contributed by atoms with Gasteiger partial charge in [-0.2, -0.15) is 5.10 Å². The predicted molar refractivity (Wildman–Crippen MR) is 115 cm³/mol. The number of amides is 1. The maximum Gasteiger partial charge on any atom is 0.343 e. The second-order valence-electron chi connectivity index (χ2n) is 6.78. The van der Waals surface area contributed by atoms with E-state index < -0.39 is 0 Å². The zero-order chi connectivity index (χ0) is 21.1. The van der Waals surface area contributed by atoms with Gasteiger partial charge in [0.05, 0.1) is 17.7 Å². The number of nitrogens with zero attached hydrogens (tertiary/aromatic N) is 4. The van der Waals surface area contributed by atoms with Gasteiger partial charge in [-0.1, -0.05) is 42.4 Å². The lowest BCUT2D eigenvalue weighted by Crippen LogP contribution is -2.28. The molecule has 1 amide bonds. The number of nitrogens with one attached hydrogen (secondary N) is 1. The number of thioether (sulfide) groups is 1. The minimum absolute atomic E-state index is 0.0998. The number of furan rings is 1. The standard InChI is InChI=1S/C20H20ClN5O3S/c1-2-9-25-19(28)22-23-20(25)30-12-18(27)26-16(17-4-3-10-29-17)11-15(24-26)13-5-7-14(21)8-6-13/h3-8,10,16H,2,9,11-12H2,1H3,(H,22,28)/t16-/m1/s1. The number of carbonyl (C=O) groups excluding carboxylic acids is 1. The molecule has 0 fully saturated rings. The minimum Gasteiger partial charge on any atom is -0.467 e. The molecule has 4 rings (SSSR count). The van der Waals surface area contributed by atoms with Crippen LogP contribution < -0.4 is 5.69 Å². The van der Waals surface area contributed by atoms with Gasteiger partial charge in [0, 0.05) is 18.0 Å².